The predicted octanol–water partition coefficient (Wildman–Crippen LogP) is 3.78. The van der Waals surface area contributed by atoms with Gasteiger partial charge in [0.2, 0.25) is 0 Å². The van der Waals surface area contributed by atoms with Crippen molar-refractivity contribution < 1.29 is 0 Å². The molecule has 0 bridgehead atoms. The van der Waals surface area contributed by atoms with E-state index in [9.17, 15) is 0 Å². The molecule has 1 heterocycles. The van der Waals surface area contributed by atoms with Crippen molar-refractivity contribution in [3.8, 4) is 0 Å². The van der Waals surface area contributed by atoms with Crippen LogP contribution < -0.4 is 5.32 Å². The third kappa shape index (κ3) is 2.11. The molecule has 3 rings (SSSR count). The molecule has 81 valence electrons. The van der Waals surface area contributed by atoms with Crippen LogP contribution in [0.3, 0.4) is 0 Å². The highest BCUT2D eigenvalue weighted by Crippen LogP contribution is 2.18. The van der Waals surface area contributed by atoms with Gasteiger partial charge in [0.15, 0.2) is 0 Å². The number of anilines is 2. The lowest BCUT2D eigenvalue weighted by Crippen LogP contribution is -1.93. The first-order valence-electron chi connectivity index (χ1n) is 5.51. The highest BCUT2D eigenvalue weighted by molar-refractivity contribution is 5.80. The zero-order valence-corrected chi connectivity index (χ0v) is 9.22. The molecule has 0 saturated heterocycles. The zero-order chi connectivity index (χ0) is 11.5. The van der Waals surface area contributed by atoms with E-state index in [1.807, 2.05) is 48.5 Å². The lowest BCUT2D eigenvalue weighted by molar-refractivity contribution is 1.37. The fraction of sp³-hybridized carbons (Fsp3) is 0. The molecule has 2 nitrogen and oxygen atoms in total. The Kier molecular flexibility index (Phi) is 2.47. The van der Waals surface area contributed by atoms with Crippen molar-refractivity contribution in [3.05, 3.63) is 66.7 Å². The lowest BCUT2D eigenvalue weighted by atomic mass is 10.2. The molecule has 2 aromatic carbocycles. The van der Waals surface area contributed by atoms with E-state index in [-0.39, 0.29) is 0 Å². The molecule has 2 heteroatoms. The second kappa shape index (κ2) is 4.26. The monoisotopic (exact) mass is 219 g/mol. The molecular weight excluding hydrogens is 208 g/mol. The summed E-state index contributed by atoms with van der Waals surface area (Å²) in [5, 5.41) is 4.42. The maximum absolute atomic E-state index is 4.55. The molecular formula is C15H11N2. The van der Waals surface area contributed by atoms with E-state index in [2.05, 4.69) is 28.5 Å². The molecule has 1 N–H and O–H groups in total. The number of fused-ring (bicyclic) bond motifs is 1. The number of hydrogen-bond donors (Lipinski definition) is 1. The highest BCUT2D eigenvalue weighted by Gasteiger charge is 1.97. The molecule has 0 saturated carbocycles. The third-order valence-corrected chi connectivity index (χ3v) is 2.59. The van der Waals surface area contributed by atoms with Gasteiger partial charge in [-0.25, -0.2) is 4.98 Å². The molecule has 0 aliphatic rings. The van der Waals surface area contributed by atoms with Crippen LogP contribution in [0.2, 0.25) is 0 Å². The van der Waals surface area contributed by atoms with Crippen LogP contribution in [0, 0.1) is 6.07 Å². The summed E-state index contributed by atoms with van der Waals surface area (Å²) >= 11 is 0. The van der Waals surface area contributed by atoms with E-state index < -0.39 is 0 Å². The number of nitrogens with one attached hydrogen (secondary N) is 1. The number of para-hydroxylation sites is 1. The minimum absolute atomic E-state index is 0.856. The van der Waals surface area contributed by atoms with Gasteiger partial charge in [0.25, 0.3) is 0 Å². The number of pyridine rings is 1. The quantitative estimate of drug-likeness (QED) is 0.709. The van der Waals surface area contributed by atoms with Crippen molar-refractivity contribution >= 4 is 22.4 Å². The maximum Gasteiger partial charge on any atom is 0.131 e. The fourth-order valence-electron chi connectivity index (χ4n) is 1.75. The van der Waals surface area contributed by atoms with Crippen LogP contribution in [-0.4, -0.2) is 4.98 Å². The largest absolute Gasteiger partial charge is 0.340 e. The number of benzene rings is 2. The van der Waals surface area contributed by atoms with Crippen LogP contribution in [-0.2, 0) is 0 Å². The first-order valence-corrected chi connectivity index (χ1v) is 5.51. The van der Waals surface area contributed by atoms with Gasteiger partial charge in [-0.05, 0) is 36.4 Å². The van der Waals surface area contributed by atoms with Crippen LogP contribution in [0.25, 0.3) is 10.9 Å². The Balaban J connectivity index is 1.96. The molecule has 17 heavy (non-hydrogen) atoms. The lowest BCUT2D eigenvalue weighted by Gasteiger charge is -2.06. The average molecular weight is 219 g/mol. The summed E-state index contributed by atoms with van der Waals surface area (Å²) in [7, 11) is 0. The fourth-order valence-corrected chi connectivity index (χ4v) is 1.75. The van der Waals surface area contributed by atoms with E-state index in [1.54, 1.807) is 0 Å². The van der Waals surface area contributed by atoms with Crippen molar-refractivity contribution in [1.82, 2.24) is 4.98 Å². The van der Waals surface area contributed by atoms with Crippen molar-refractivity contribution in [2.75, 3.05) is 5.32 Å². The second-order valence-electron chi connectivity index (χ2n) is 3.80. The SMILES string of the molecule is [c]1ccc(Nc2ccc3ccccc3n2)cc1. The zero-order valence-electron chi connectivity index (χ0n) is 9.22. The van der Waals surface area contributed by atoms with Crippen LogP contribution in [0.5, 0.6) is 0 Å². The summed E-state index contributed by atoms with van der Waals surface area (Å²) < 4.78 is 0. The molecule has 0 unspecified atom stereocenters. The Bertz CT molecular complexity index is 633. The summed E-state index contributed by atoms with van der Waals surface area (Å²) in [6.07, 6.45) is 0. The van der Waals surface area contributed by atoms with Gasteiger partial charge >= 0.3 is 0 Å². The topological polar surface area (TPSA) is 24.9 Å². The normalized spacial score (nSPS) is 10.4. The van der Waals surface area contributed by atoms with Gasteiger partial charge in [-0.2, -0.15) is 0 Å². The molecule has 0 spiro atoms. The van der Waals surface area contributed by atoms with Crippen molar-refractivity contribution in [3.63, 3.8) is 0 Å². The van der Waals surface area contributed by atoms with Gasteiger partial charge in [0.1, 0.15) is 5.82 Å². The molecule has 0 aliphatic heterocycles. The van der Waals surface area contributed by atoms with Gasteiger partial charge in [0.05, 0.1) is 5.52 Å². The van der Waals surface area contributed by atoms with Gasteiger partial charge in [-0.3, -0.25) is 0 Å². The van der Waals surface area contributed by atoms with Crippen LogP contribution in [0.1, 0.15) is 0 Å². The summed E-state index contributed by atoms with van der Waals surface area (Å²) in [5.41, 5.74) is 2.02. The van der Waals surface area contributed by atoms with Crippen LogP contribution in [0.15, 0.2) is 60.7 Å². The predicted molar refractivity (Wildman–Crippen MR) is 70.3 cm³/mol. The second-order valence-corrected chi connectivity index (χ2v) is 3.80. The molecule has 1 aromatic heterocycles. The van der Waals surface area contributed by atoms with Gasteiger partial charge in [-0.15, -0.1) is 0 Å². The summed E-state index contributed by atoms with van der Waals surface area (Å²) in [4.78, 5) is 4.55. The minimum atomic E-state index is 0.856. The summed E-state index contributed by atoms with van der Waals surface area (Å²) in [6.45, 7) is 0. The van der Waals surface area contributed by atoms with E-state index in [4.69, 9.17) is 0 Å². The van der Waals surface area contributed by atoms with Crippen molar-refractivity contribution in [1.29, 1.82) is 0 Å². The van der Waals surface area contributed by atoms with Crippen molar-refractivity contribution in [2.45, 2.75) is 0 Å². The number of rotatable bonds is 2. The summed E-state index contributed by atoms with van der Waals surface area (Å²) in [6, 6.07) is 22.8. The Morgan fingerprint density at radius 2 is 1.71 bits per heavy atom. The molecule has 3 aromatic rings. The number of hydrogen-bond acceptors (Lipinski definition) is 2. The highest BCUT2D eigenvalue weighted by atomic mass is 15.0. The number of aromatic nitrogens is 1. The number of nitrogens with zero attached hydrogens (tertiary/aromatic N) is 1. The smallest absolute Gasteiger partial charge is 0.131 e. The van der Waals surface area contributed by atoms with Gasteiger partial charge < -0.3 is 5.32 Å². The first-order chi connectivity index (χ1) is 8.42. The van der Waals surface area contributed by atoms with Crippen LogP contribution >= 0.6 is 0 Å². The van der Waals surface area contributed by atoms with Crippen molar-refractivity contribution in [2.24, 2.45) is 0 Å². The molecule has 0 atom stereocenters. The van der Waals surface area contributed by atoms with E-state index in [1.165, 1.54) is 0 Å². The molecule has 0 aliphatic carbocycles. The Labute approximate surface area is 99.9 Å². The molecule has 0 fully saturated rings. The minimum Gasteiger partial charge on any atom is -0.340 e. The summed E-state index contributed by atoms with van der Waals surface area (Å²) in [5.74, 6) is 0.856. The van der Waals surface area contributed by atoms with E-state index in [0.717, 1.165) is 22.4 Å². The van der Waals surface area contributed by atoms with Gasteiger partial charge in [0, 0.05) is 11.1 Å². The molecule has 0 amide bonds. The third-order valence-electron chi connectivity index (χ3n) is 2.59. The Morgan fingerprint density at radius 3 is 2.59 bits per heavy atom. The standard InChI is InChI=1S/C15H11N2/c1-2-7-13(8-3-1)16-15-11-10-12-6-4-5-9-14(12)17-15/h2-11H,(H,16,17). The average Bonchev–Trinajstić information content (AvgIpc) is 2.40. The van der Waals surface area contributed by atoms with Gasteiger partial charge in [-0.1, -0.05) is 30.3 Å². The molecule has 1 radical (unpaired) electrons. The Hall–Kier alpha value is -2.35. The Morgan fingerprint density at radius 1 is 0.882 bits per heavy atom. The van der Waals surface area contributed by atoms with E-state index in [0.29, 0.717) is 0 Å². The maximum atomic E-state index is 4.55. The van der Waals surface area contributed by atoms with E-state index >= 15 is 0 Å². The first kappa shape index (κ1) is 9.85. The van der Waals surface area contributed by atoms with Crippen LogP contribution in [0.4, 0.5) is 11.5 Å².